The smallest absolute Gasteiger partial charge is 0.270 e. The van der Waals surface area contributed by atoms with Gasteiger partial charge in [-0.25, -0.2) is 4.98 Å². The summed E-state index contributed by atoms with van der Waals surface area (Å²) in [4.78, 5) is 24.5. The molecule has 34 heavy (non-hydrogen) atoms. The van der Waals surface area contributed by atoms with Gasteiger partial charge < -0.3 is 15.0 Å². The maximum Gasteiger partial charge on any atom is 0.270 e. The van der Waals surface area contributed by atoms with Gasteiger partial charge in [0.1, 0.15) is 29.1 Å². The zero-order chi connectivity index (χ0) is 23.5. The van der Waals surface area contributed by atoms with E-state index in [1.165, 1.54) is 0 Å². The maximum atomic E-state index is 12.9. The summed E-state index contributed by atoms with van der Waals surface area (Å²) in [7, 11) is 0. The molecule has 1 saturated carbocycles. The molecular formula is C26H30N6O2. The quantitative estimate of drug-likeness (QED) is 0.585. The summed E-state index contributed by atoms with van der Waals surface area (Å²) in [5, 5.41) is 13.4. The Bertz CT molecular complexity index is 1250. The Morgan fingerprint density at radius 2 is 1.88 bits per heavy atom. The van der Waals surface area contributed by atoms with Crippen molar-refractivity contribution in [1.82, 2.24) is 19.4 Å². The van der Waals surface area contributed by atoms with Crippen LogP contribution in [0.4, 0.5) is 11.6 Å². The van der Waals surface area contributed by atoms with Crippen LogP contribution in [0.2, 0.25) is 0 Å². The van der Waals surface area contributed by atoms with E-state index in [0.29, 0.717) is 17.0 Å². The summed E-state index contributed by atoms with van der Waals surface area (Å²) in [6.45, 7) is 5.47. The Hall–Kier alpha value is -3.44. The average molecular weight is 459 g/mol. The largest absolute Gasteiger partial charge is 0.490 e. The van der Waals surface area contributed by atoms with E-state index in [9.17, 15) is 10.1 Å². The summed E-state index contributed by atoms with van der Waals surface area (Å²) >= 11 is 0. The SMILES string of the molecule is CCN1CCC(Oc2ccc(Nc3ncc4cc(C#N)c(=O)n(C5CCCC5)c4n3)cc2)CC1. The number of hydrogen-bond acceptors (Lipinski definition) is 7. The number of ether oxygens (including phenoxy) is 1. The molecule has 0 radical (unpaired) electrons. The highest BCUT2D eigenvalue weighted by molar-refractivity contribution is 5.77. The van der Waals surface area contributed by atoms with Gasteiger partial charge in [-0.3, -0.25) is 9.36 Å². The molecule has 2 aromatic heterocycles. The lowest BCUT2D eigenvalue weighted by Crippen LogP contribution is -2.37. The molecule has 8 heteroatoms. The molecule has 5 rings (SSSR count). The number of piperidine rings is 1. The first-order chi connectivity index (χ1) is 16.6. The third-order valence-corrected chi connectivity index (χ3v) is 6.98. The fourth-order valence-electron chi connectivity index (χ4n) is 5.04. The fourth-order valence-corrected chi connectivity index (χ4v) is 5.04. The third-order valence-electron chi connectivity index (χ3n) is 6.98. The topological polar surface area (TPSA) is 96.1 Å². The van der Waals surface area contributed by atoms with Crippen molar-refractivity contribution in [3.05, 3.63) is 52.4 Å². The Kier molecular flexibility index (Phi) is 6.45. The number of nitriles is 1. The highest BCUT2D eigenvalue weighted by Crippen LogP contribution is 2.31. The molecule has 0 bridgehead atoms. The second-order valence-corrected chi connectivity index (χ2v) is 9.16. The Labute approximate surface area is 199 Å². The van der Waals surface area contributed by atoms with Crippen LogP contribution in [0.15, 0.2) is 41.3 Å². The van der Waals surface area contributed by atoms with Crippen molar-refractivity contribution in [2.75, 3.05) is 25.0 Å². The average Bonchev–Trinajstić information content (AvgIpc) is 3.40. The van der Waals surface area contributed by atoms with Gasteiger partial charge in [-0.15, -0.1) is 0 Å². The molecule has 0 unspecified atom stereocenters. The Morgan fingerprint density at radius 3 is 2.56 bits per heavy atom. The van der Waals surface area contributed by atoms with Crippen LogP contribution in [-0.2, 0) is 0 Å². The number of fused-ring (bicyclic) bond motifs is 1. The van der Waals surface area contributed by atoms with E-state index in [1.54, 1.807) is 16.8 Å². The number of likely N-dealkylation sites (tertiary alicyclic amines) is 1. The lowest BCUT2D eigenvalue weighted by molar-refractivity contribution is 0.104. The first kappa shape index (κ1) is 22.4. The van der Waals surface area contributed by atoms with Crippen molar-refractivity contribution >= 4 is 22.7 Å². The van der Waals surface area contributed by atoms with Crippen molar-refractivity contribution in [1.29, 1.82) is 5.26 Å². The Balaban J connectivity index is 1.34. The first-order valence-corrected chi connectivity index (χ1v) is 12.2. The fraction of sp³-hybridized carbons (Fsp3) is 0.462. The van der Waals surface area contributed by atoms with E-state index in [4.69, 9.17) is 4.74 Å². The van der Waals surface area contributed by atoms with Crippen LogP contribution in [0.5, 0.6) is 5.75 Å². The summed E-state index contributed by atoms with van der Waals surface area (Å²) < 4.78 is 7.87. The summed E-state index contributed by atoms with van der Waals surface area (Å²) in [6, 6.07) is 11.5. The van der Waals surface area contributed by atoms with Gasteiger partial charge >= 0.3 is 0 Å². The molecule has 1 saturated heterocycles. The van der Waals surface area contributed by atoms with Crippen molar-refractivity contribution in [3.8, 4) is 11.8 Å². The van der Waals surface area contributed by atoms with Gasteiger partial charge in [-0.2, -0.15) is 10.2 Å². The Morgan fingerprint density at radius 1 is 1.15 bits per heavy atom. The van der Waals surface area contributed by atoms with Crippen molar-refractivity contribution in [2.45, 2.75) is 57.6 Å². The minimum absolute atomic E-state index is 0.0756. The van der Waals surface area contributed by atoms with Crippen LogP contribution in [0.1, 0.15) is 57.1 Å². The number of aromatic nitrogens is 3. The van der Waals surface area contributed by atoms with Crippen LogP contribution in [0.25, 0.3) is 11.0 Å². The second-order valence-electron chi connectivity index (χ2n) is 9.16. The van der Waals surface area contributed by atoms with Crippen molar-refractivity contribution in [2.24, 2.45) is 0 Å². The normalized spacial score (nSPS) is 17.6. The third kappa shape index (κ3) is 4.62. The molecule has 1 aliphatic carbocycles. The highest BCUT2D eigenvalue weighted by atomic mass is 16.5. The maximum absolute atomic E-state index is 12.9. The number of pyridine rings is 1. The second kappa shape index (κ2) is 9.82. The lowest BCUT2D eigenvalue weighted by atomic mass is 10.1. The van der Waals surface area contributed by atoms with E-state index < -0.39 is 0 Å². The molecule has 3 aromatic rings. The highest BCUT2D eigenvalue weighted by Gasteiger charge is 2.23. The van der Waals surface area contributed by atoms with Crippen molar-refractivity contribution < 1.29 is 4.74 Å². The van der Waals surface area contributed by atoms with E-state index in [1.807, 2.05) is 30.3 Å². The van der Waals surface area contributed by atoms with E-state index in [-0.39, 0.29) is 23.3 Å². The minimum Gasteiger partial charge on any atom is -0.490 e. The standard InChI is InChI=1S/C26H30N6O2/c1-2-31-13-11-23(12-14-31)34-22-9-7-20(8-10-22)29-26-28-17-19-15-18(16-27)25(33)32(24(19)30-26)21-5-3-4-6-21/h7-10,15,17,21,23H,2-6,11-14H2,1H3,(H,28,29,30). The number of benzene rings is 1. The number of nitrogens with zero attached hydrogens (tertiary/aromatic N) is 5. The van der Waals surface area contributed by atoms with Crippen LogP contribution >= 0.6 is 0 Å². The zero-order valence-corrected chi connectivity index (χ0v) is 19.5. The van der Waals surface area contributed by atoms with E-state index in [0.717, 1.165) is 69.6 Å². The molecule has 0 atom stereocenters. The van der Waals surface area contributed by atoms with Gasteiger partial charge in [-0.05, 0) is 62.6 Å². The molecule has 0 amide bonds. The van der Waals surface area contributed by atoms with Gasteiger partial charge in [0, 0.05) is 36.4 Å². The lowest BCUT2D eigenvalue weighted by Gasteiger charge is -2.31. The van der Waals surface area contributed by atoms with Gasteiger partial charge in [0.05, 0.1) is 0 Å². The van der Waals surface area contributed by atoms with Crippen LogP contribution < -0.4 is 15.6 Å². The number of hydrogen-bond donors (Lipinski definition) is 1. The van der Waals surface area contributed by atoms with Crippen LogP contribution in [-0.4, -0.2) is 45.2 Å². The van der Waals surface area contributed by atoms with Crippen molar-refractivity contribution in [3.63, 3.8) is 0 Å². The molecule has 8 nitrogen and oxygen atoms in total. The van der Waals surface area contributed by atoms with Crippen LogP contribution in [0.3, 0.4) is 0 Å². The summed E-state index contributed by atoms with van der Waals surface area (Å²) in [5.41, 5.74) is 1.29. The van der Waals surface area contributed by atoms with E-state index >= 15 is 0 Å². The number of nitrogens with one attached hydrogen (secondary N) is 1. The number of rotatable bonds is 6. The van der Waals surface area contributed by atoms with Gasteiger partial charge in [0.15, 0.2) is 0 Å². The predicted octanol–water partition coefficient (Wildman–Crippen LogP) is 4.38. The molecule has 0 spiro atoms. The number of anilines is 2. The van der Waals surface area contributed by atoms with Gasteiger partial charge in [0.25, 0.3) is 5.56 Å². The molecular weight excluding hydrogens is 428 g/mol. The molecule has 1 aliphatic heterocycles. The zero-order valence-electron chi connectivity index (χ0n) is 19.5. The molecule has 1 aromatic carbocycles. The molecule has 3 heterocycles. The van der Waals surface area contributed by atoms with E-state index in [2.05, 4.69) is 27.1 Å². The molecule has 2 fully saturated rings. The monoisotopic (exact) mass is 458 g/mol. The molecule has 1 N–H and O–H groups in total. The summed E-state index contributed by atoms with van der Waals surface area (Å²) in [6.07, 6.45) is 8.05. The summed E-state index contributed by atoms with van der Waals surface area (Å²) in [5.74, 6) is 1.28. The first-order valence-electron chi connectivity index (χ1n) is 12.2. The van der Waals surface area contributed by atoms with Crippen LogP contribution in [0, 0.1) is 11.3 Å². The molecule has 2 aliphatic rings. The molecule has 176 valence electrons. The minimum atomic E-state index is -0.266. The van der Waals surface area contributed by atoms with Gasteiger partial charge in [0.2, 0.25) is 5.95 Å². The van der Waals surface area contributed by atoms with Gasteiger partial charge in [-0.1, -0.05) is 19.8 Å². The predicted molar refractivity (Wildman–Crippen MR) is 132 cm³/mol.